The lowest BCUT2D eigenvalue weighted by Gasteiger charge is -2.22. The molecule has 1 saturated heterocycles. The third kappa shape index (κ3) is 4.03. The standard InChI is InChI=1S/C14H22N2O3S2/c1-14(7-2-8-20-14)10-16-21(17,18)13-6-5-12(19-13)9-15-11-3-4-11/h5-6,11,15-16H,2-4,7-10H2,1H3. The van der Waals surface area contributed by atoms with Crippen molar-refractivity contribution in [2.24, 2.45) is 0 Å². The maximum atomic E-state index is 12.3. The van der Waals surface area contributed by atoms with E-state index in [0.29, 0.717) is 24.9 Å². The van der Waals surface area contributed by atoms with Gasteiger partial charge in [0.15, 0.2) is 0 Å². The van der Waals surface area contributed by atoms with Gasteiger partial charge in [-0.3, -0.25) is 0 Å². The Bertz CT molecular complexity index is 587. The lowest BCUT2D eigenvalue weighted by Crippen LogP contribution is -2.36. The van der Waals surface area contributed by atoms with Crippen LogP contribution >= 0.6 is 11.8 Å². The number of hydrogen-bond donors (Lipinski definition) is 2. The fourth-order valence-corrected chi connectivity index (χ4v) is 4.88. The van der Waals surface area contributed by atoms with E-state index in [1.807, 2.05) is 11.8 Å². The highest BCUT2D eigenvalue weighted by molar-refractivity contribution is 8.01. The zero-order chi connectivity index (χ0) is 14.9. The second kappa shape index (κ2) is 5.95. The predicted octanol–water partition coefficient (Wildman–Crippen LogP) is 2.10. The highest BCUT2D eigenvalue weighted by atomic mass is 32.2. The number of thioether (sulfide) groups is 1. The second-order valence-electron chi connectivity index (χ2n) is 6.10. The SMILES string of the molecule is CC1(CNS(=O)(=O)c2ccc(CNC3CC3)o2)CCCS1. The van der Waals surface area contributed by atoms with Crippen LogP contribution in [0.5, 0.6) is 0 Å². The molecular formula is C14H22N2O3S2. The molecule has 7 heteroatoms. The first-order valence-electron chi connectivity index (χ1n) is 7.43. The number of hydrogen-bond acceptors (Lipinski definition) is 5. The molecule has 0 radical (unpaired) electrons. The third-order valence-corrected chi connectivity index (χ3v) is 6.79. The first-order chi connectivity index (χ1) is 9.97. The lowest BCUT2D eigenvalue weighted by atomic mass is 10.1. The summed E-state index contributed by atoms with van der Waals surface area (Å²) in [5, 5.41) is 3.32. The van der Waals surface area contributed by atoms with Crippen molar-refractivity contribution in [3.8, 4) is 0 Å². The number of sulfonamides is 1. The Labute approximate surface area is 130 Å². The maximum Gasteiger partial charge on any atom is 0.274 e. The molecular weight excluding hydrogens is 308 g/mol. The van der Waals surface area contributed by atoms with Gasteiger partial charge in [0, 0.05) is 17.3 Å². The number of nitrogens with one attached hydrogen (secondary N) is 2. The molecule has 0 spiro atoms. The van der Waals surface area contributed by atoms with Crippen molar-refractivity contribution in [1.82, 2.24) is 10.0 Å². The Morgan fingerprint density at radius 2 is 2.24 bits per heavy atom. The molecule has 118 valence electrons. The van der Waals surface area contributed by atoms with Crippen LogP contribution < -0.4 is 10.0 Å². The molecule has 1 aromatic heterocycles. The first-order valence-corrected chi connectivity index (χ1v) is 9.90. The minimum atomic E-state index is -3.55. The van der Waals surface area contributed by atoms with E-state index in [-0.39, 0.29) is 9.84 Å². The Balaban J connectivity index is 1.58. The Morgan fingerprint density at radius 1 is 1.43 bits per heavy atom. The summed E-state index contributed by atoms with van der Waals surface area (Å²) in [5.74, 6) is 1.78. The predicted molar refractivity (Wildman–Crippen MR) is 83.9 cm³/mol. The van der Waals surface area contributed by atoms with Gasteiger partial charge in [-0.25, -0.2) is 13.1 Å². The summed E-state index contributed by atoms with van der Waals surface area (Å²) in [5.41, 5.74) is 0. The second-order valence-corrected chi connectivity index (χ2v) is 9.48. The molecule has 2 fully saturated rings. The summed E-state index contributed by atoms with van der Waals surface area (Å²) < 4.78 is 32.7. The summed E-state index contributed by atoms with van der Waals surface area (Å²) in [6.07, 6.45) is 4.60. The number of rotatable bonds is 7. The quantitative estimate of drug-likeness (QED) is 0.801. The van der Waals surface area contributed by atoms with E-state index in [1.165, 1.54) is 18.9 Å². The molecule has 1 aromatic rings. The Kier molecular flexibility index (Phi) is 4.36. The highest BCUT2D eigenvalue weighted by Gasteiger charge is 2.32. The van der Waals surface area contributed by atoms with Crippen molar-refractivity contribution >= 4 is 21.8 Å². The molecule has 3 rings (SSSR count). The molecule has 2 N–H and O–H groups in total. The Hall–Kier alpha value is -0.500. The molecule has 1 atom stereocenters. The fraction of sp³-hybridized carbons (Fsp3) is 0.714. The summed E-state index contributed by atoms with van der Waals surface area (Å²) in [7, 11) is -3.55. The van der Waals surface area contributed by atoms with Crippen LogP contribution in [0.2, 0.25) is 0 Å². The third-order valence-electron chi connectivity index (χ3n) is 3.98. The van der Waals surface area contributed by atoms with Gasteiger partial charge in [-0.05, 0) is 50.5 Å². The molecule has 2 heterocycles. The van der Waals surface area contributed by atoms with Crippen LogP contribution in [0.25, 0.3) is 0 Å². The smallest absolute Gasteiger partial charge is 0.274 e. The van der Waals surface area contributed by atoms with E-state index in [2.05, 4.69) is 17.0 Å². The summed E-state index contributed by atoms with van der Waals surface area (Å²) in [6, 6.07) is 3.85. The van der Waals surface area contributed by atoms with Gasteiger partial charge in [-0.2, -0.15) is 11.8 Å². The average molecular weight is 330 g/mol. The molecule has 1 saturated carbocycles. The van der Waals surface area contributed by atoms with Gasteiger partial charge in [-0.15, -0.1) is 0 Å². The Morgan fingerprint density at radius 3 is 2.90 bits per heavy atom. The average Bonchev–Trinajstić information content (AvgIpc) is 2.97. The zero-order valence-electron chi connectivity index (χ0n) is 12.2. The van der Waals surface area contributed by atoms with Crippen molar-refractivity contribution in [3.05, 3.63) is 17.9 Å². The van der Waals surface area contributed by atoms with Crippen LogP contribution in [0.1, 0.15) is 38.4 Å². The van der Waals surface area contributed by atoms with Crippen LogP contribution in [-0.4, -0.2) is 31.5 Å². The van der Waals surface area contributed by atoms with Crippen molar-refractivity contribution < 1.29 is 12.8 Å². The molecule has 1 aliphatic heterocycles. The van der Waals surface area contributed by atoms with Crippen LogP contribution in [0.4, 0.5) is 0 Å². The van der Waals surface area contributed by atoms with Gasteiger partial charge in [0.2, 0.25) is 5.09 Å². The van der Waals surface area contributed by atoms with Gasteiger partial charge in [-0.1, -0.05) is 0 Å². The highest BCUT2D eigenvalue weighted by Crippen LogP contribution is 2.37. The van der Waals surface area contributed by atoms with E-state index in [4.69, 9.17) is 4.42 Å². The number of furan rings is 1. The largest absolute Gasteiger partial charge is 0.447 e. The molecule has 5 nitrogen and oxygen atoms in total. The normalized spacial score (nSPS) is 26.3. The maximum absolute atomic E-state index is 12.3. The first kappa shape index (κ1) is 15.4. The van der Waals surface area contributed by atoms with Gasteiger partial charge in [0.05, 0.1) is 6.54 Å². The molecule has 1 aliphatic carbocycles. The van der Waals surface area contributed by atoms with E-state index < -0.39 is 10.0 Å². The van der Waals surface area contributed by atoms with Crippen molar-refractivity contribution in [1.29, 1.82) is 0 Å². The summed E-state index contributed by atoms with van der Waals surface area (Å²) in [6.45, 7) is 3.16. The minimum absolute atomic E-state index is 0.00994. The van der Waals surface area contributed by atoms with Gasteiger partial charge in [0.25, 0.3) is 10.0 Å². The van der Waals surface area contributed by atoms with Crippen molar-refractivity contribution in [2.45, 2.75) is 55.0 Å². The van der Waals surface area contributed by atoms with Gasteiger partial charge >= 0.3 is 0 Å². The van der Waals surface area contributed by atoms with Crippen LogP contribution in [-0.2, 0) is 16.6 Å². The summed E-state index contributed by atoms with van der Waals surface area (Å²) >= 11 is 1.84. The van der Waals surface area contributed by atoms with Crippen LogP contribution in [0.3, 0.4) is 0 Å². The summed E-state index contributed by atoms with van der Waals surface area (Å²) in [4.78, 5) is 0. The molecule has 21 heavy (non-hydrogen) atoms. The van der Waals surface area contributed by atoms with Gasteiger partial charge < -0.3 is 9.73 Å². The monoisotopic (exact) mass is 330 g/mol. The van der Waals surface area contributed by atoms with E-state index in [0.717, 1.165) is 18.6 Å². The van der Waals surface area contributed by atoms with E-state index in [1.54, 1.807) is 6.07 Å². The lowest BCUT2D eigenvalue weighted by molar-refractivity contribution is 0.398. The molecule has 1 unspecified atom stereocenters. The van der Waals surface area contributed by atoms with Gasteiger partial charge in [0.1, 0.15) is 5.76 Å². The van der Waals surface area contributed by atoms with Crippen LogP contribution in [0, 0.1) is 0 Å². The fourth-order valence-electron chi connectivity index (χ4n) is 2.43. The zero-order valence-corrected chi connectivity index (χ0v) is 13.9. The molecule has 2 aliphatic rings. The van der Waals surface area contributed by atoms with Crippen molar-refractivity contribution in [2.75, 3.05) is 12.3 Å². The minimum Gasteiger partial charge on any atom is -0.447 e. The van der Waals surface area contributed by atoms with Crippen molar-refractivity contribution in [3.63, 3.8) is 0 Å². The van der Waals surface area contributed by atoms with E-state index >= 15 is 0 Å². The van der Waals surface area contributed by atoms with E-state index in [9.17, 15) is 8.42 Å². The molecule has 0 bridgehead atoms. The molecule has 0 aromatic carbocycles. The molecule has 0 amide bonds. The topological polar surface area (TPSA) is 71.3 Å². The van der Waals surface area contributed by atoms with Crippen LogP contribution in [0.15, 0.2) is 21.6 Å².